The predicted octanol–water partition coefficient (Wildman–Crippen LogP) is 2.51. The van der Waals surface area contributed by atoms with E-state index in [2.05, 4.69) is 22.7 Å². The van der Waals surface area contributed by atoms with E-state index in [0.29, 0.717) is 17.4 Å². The molecule has 1 fully saturated rings. The molecule has 4 heteroatoms. The number of carbonyl (C=O) groups is 1. The number of fused-ring (bicyclic) bond motifs is 1. The summed E-state index contributed by atoms with van der Waals surface area (Å²) in [5.74, 6) is 0.457. The molecule has 3 rings (SSSR count). The maximum atomic E-state index is 12.7. The number of hydrogen-bond donors (Lipinski definition) is 1. The Morgan fingerprint density at radius 1 is 1.33 bits per heavy atom. The topological polar surface area (TPSA) is 41.5 Å². The molecular weight excluding hydrogens is 231 g/mol. The highest BCUT2D eigenvalue weighted by molar-refractivity contribution is 5.98. The van der Waals surface area contributed by atoms with Crippen molar-refractivity contribution in [3.63, 3.8) is 0 Å². The second-order valence-electron chi connectivity index (χ2n) is 4.69. The van der Waals surface area contributed by atoms with E-state index in [1.54, 1.807) is 0 Å². The Kier molecular flexibility index (Phi) is 2.70. The van der Waals surface area contributed by atoms with Gasteiger partial charge in [0.05, 0.1) is 0 Å². The van der Waals surface area contributed by atoms with E-state index < -0.39 is 0 Å². The monoisotopic (exact) mass is 244 g/mol. The van der Waals surface area contributed by atoms with Crippen LogP contribution < -0.4 is 5.43 Å². The molecule has 1 aromatic carbocycles. The van der Waals surface area contributed by atoms with Gasteiger partial charge in [-0.15, -0.1) is 0 Å². The fraction of sp³-hybridized carbons (Fsp3) is 0.286. The van der Waals surface area contributed by atoms with Crippen molar-refractivity contribution in [2.24, 2.45) is 16.9 Å². The normalized spacial score (nSPS) is 26.8. The Labute approximate surface area is 104 Å². The predicted molar refractivity (Wildman–Crippen MR) is 66.7 cm³/mol. The van der Waals surface area contributed by atoms with E-state index in [4.69, 9.17) is 0 Å². The Bertz CT molecular complexity index is 533. The molecular formula is C14H13FN2O. The van der Waals surface area contributed by atoms with Crippen LogP contribution in [0.5, 0.6) is 0 Å². The molecule has 1 aromatic rings. The average molecular weight is 244 g/mol. The number of benzene rings is 1. The summed E-state index contributed by atoms with van der Waals surface area (Å²) in [7, 11) is 0. The summed E-state index contributed by atoms with van der Waals surface area (Å²) in [6.07, 6.45) is 6.34. The van der Waals surface area contributed by atoms with Crippen molar-refractivity contribution < 1.29 is 9.18 Å². The van der Waals surface area contributed by atoms with Gasteiger partial charge in [-0.25, -0.2) is 9.82 Å². The number of allylic oxidation sites excluding steroid dienone is 2. The third-order valence-corrected chi connectivity index (χ3v) is 3.57. The van der Waals surface area contributed by atoms with Crippen LogP contribution in [0.4, 0.5) is 4.39 Å². The van der Waals surface area contributed by atoms with Crippen molar-refractivity contribution in [1.29, 1.82) is 0 Å². The summed E-state index contributed by atoms with van der Waals surface area (Å²) in [5.41, 5.74) is 4.01. The van der Waals surface area contributed by atoms with Gasteiger partial charge in [0.1, 0.15) is 5.82 Å². The molecule has 0 spiro atoms. The van der Waals surface area contributed by atoms with Crippen LogP contribution in [0.15, 0.2) is 41.5 Å². The zero-order chi connectivity index (χ0) is 12.5. The van der Waals surface area contributed by atoms with Crippen LogP contribution in [0.25, 0.3) is 0 Å². The van der Waals surface area contributed by atoms with E-state index >= 15 is 0 Å². The molecule has 0 bridgehead atoms. The number of halogens is 1. The maximum absolute atomic E-state index is 12.7. The van der Waals surface area contributed by atoms with E-state index in [1.165, 1.54) is 24.3 Å². The Morgan fingerprint density at radius 2 is 2.11 bits per heavy atom. The number of rotatable bonds is 2. The first-order valence-electron chi connectivity index (χ1n) is 6.03. The molecule has 0 radical (unpaired) electrons. The lowest BCUT2D eigenvalue weighted by atomic mass is 9.74. The molecule has 18 heavy (non-hydrogen) atoms. The molecule has 92 valence electrons. The van der Waals surface area contributed by atoms with E-state index in [0.717, 1.165) is 18.6 Å². The van der Waals surface area contributed by atoms with Gasteiger partial charge in [-0.05, 0) is 43.0 Å². The minimum atomic E-state index is -0.350. The molecule has 1 amide bonds. The van der Waals surface area contributed by atoms with Gasteiger partial charge in [-0.3, -0.25) is 4.79 Å². The lowest BCUT2D eigenvalue weighted by molar-refractivity contribution is 0.0954. The highest BCUT2D eigenvalue weighted by Crippen LogP contribution is 2.40. The number of nitrogens with zero attached hydrogens (tertiary/aromatic N) is 1. The lowest BCUT2D eigenvalue weighted by Crippen LogP contribution is -2.35. The molecule has 0 aromatic heterocycles. The minimum Gasteiger partial charge on any atom is -0.267 e. The molecule has 0 heterocycles. The first-order valence-corrected chi connectivity index (χ1v) is 6.03. The number of amides is 1. The maximum Gasteiger partial charge on any atom is 0.271 e. The van der Waals surface area contributed by atoms with Crippen LogP contribution in [-0.4, -0.2) is 11.6 Å². The summed E-state index contributed by atoms with van der Waals surface area (Å²) in [6, 6.07) is 5.43. The van der Waals surface area contributed by atoms with Gasteiger partial charge in [0, 0.05) is 17.2 Å². The highest BCUT2D eigenvalue weighted by atomic mass is 19.1. The van der Waals surface area contributed by atoms with Crippen molar-refractivity contribution in [2.45, 2.75) is 12.8 Å². The molecule has 2 aliphatic rings. The quantitative estimate of drug-likeness (QED) is 0.630. The van der Waals surface area contributed by atoms with Gasteiger partial charge in [0.25, 0.3) is 5.91 Å². The fourth-order valence-electron chi connectivity index (χ4n) is 2.45. The van der Waals surface area contributed by atoms with E-state index in [1.807, 2.05) is 0 Å². The summed E-state index contributed by atoms with van der Waals surface area (Å²) in [4.78, 5) is 11.7. The lowest BCUT2D eigenvalue weighted by Gasteiger charge is -2.31. The zero-order valence-electron chi connectivity index (χ0n) is 9.77. The number of hydrazone groups is 1. The first kappa shape index (κ1) is 11.1. The van der Waals surface area contributed by atoms with Crippen LogP contribution in [0, 0.1) is 17.7 Å². The summed E-state index contributed by atoms with van der Waals surface area (Å²) >= 11 is 0. The molecule has 0 saturated heterocycles. The standard InChI is InChI=1S/C14H13FN2O/c15-11-6-4-9(5-7-11)14(18)17-16-13-8-10-2-1-3-12(10)13/h1-2,4-7,10,12H,3,8H2,(H,17,18)/b16-13+. The Hall–Kier alpha value is -1.97. The van der Waals surface area contributed by atoms with E-state index in [-0.39, 0.29) is 11.7 Å². The molecule has 3 nitrogen and oxygen atoms in total. The Morgan fingerprint density at radius 3 is 2.83 bits per heavy atom. The van der Waals surface area contributed by atoms with Gasteiger partial charge >= 0.3 is 0 Å². The third-order valence-electron chi connectivity index (χ3n) is 3.57. The number of carbonyl (C=O) groups excluding carboxylic acids is 1. The van der Waals surface area contributed by atoms with Crippen LogP contribution in [0.3, 0.4) is 0 Å². The number of nitrogens with one attached hydrogen (secondary N) is 1. The second-order valence-corrected chi connectivity index (χ2v) is 4.69. The molecule has 1 saturated carbocycles. The first-order chi connectivity index (χ1) is 8.74. The Balaban J connectivity index is 1.62. The minimum absolute atomic E-state index is 0.295. The SMILES string of the molecule is O=C(N/N=C1\CC2C=CCC12)c1ccc(F)cc1. The van der Waals surface area contributed by atoms with Crippen LogP contribution in [-0.2, 0) is 0 Å². The second kappa shape index (κ2) is 4.37. The van der Waals surface area contributed by atoms with Crippen LogP contribution >= 0.6 is 0 Å². The van der Waals surface area contributed by atoms with Gasteiger partial charge < -0.3 is 0 Å². The van der Waals surface area contributed by atoms with Crippen LogP contribution in [0.1, 0.15) is 23.2 Å². The smallest absolute Gasteiger partial charge is 0.267 e. The van der Waals surface area contributed by atoms with Gasteiger partial charge in [0.2, 0.25) is 0 Å². The summed E-state index contributed by atoms with van der Waals surface area (Å²) in [5, 5.41) is 4.15. The van der Waals surface area contributed by atoms with Gasteiger partial charge in [-0.2, -0.15) is 5.10 Å². The summed E-state index contributed by atoms with van der Waals surface area (Å²) < 4.78 is 12.7. The molecule has 0 aliphatic heterocycles. The zero-order valence-corrected chi connectivity index (χ0v) is 9.77. The van der Waals surface area contributed by atoms with Gasteiger partial charge in [0.15, 0.2) is 0 Å². The largest absolute Gasteiger partial charge is 0.271 e. The van der Waals surface area contributed by atoms with Crippen LogP contribution in [0.2, 0.25) is 0 Å². The number of hydrogen-bond acceptors (Lipinski definition) is 2. The van der Waals surface area contributed by atoms with Crippen molar-refractivity contribution in [1.82, 2.24) is 5.43 Å². The fourth-order valence-corrected chi connectivity index (χ4v) is 2.45. The molecule has 2 unspecified atom stereocenters. The average Bonchev–Trinajstić information content (AvgIpc) is 2.72. The van der Waals surface area contributed by atoms with E-state index in [9.17, 15) is 9.18 Å². The molecule has 2 aliphatic carbocycles. The highest BCUT2D eigenvalue weighted by Gasteiger charge is 2.37. The van der Waals surface area contributed by atoms with Crippen molar-refractivity contribution >= 4 is 11.6 Å². The third kappa shape index (κ3) is 1.94. The van der Waals surface area contributed by atoms with Crippen molar-refractivity contribution in [3.8, 4) is 0 Å². The van der Waals surface area contributed by atoms with Crippen molar-refractivity contribution in [3.05, 3.63) is 47.8 Å². The van der Waals surface area contributed by atoms with Gasteiger partial charge in [-0.1, -0.05) is 12.2 Å². The summed E-state index contributed by atoms with van der Waals surface area (Å²) in [6.45, 7) is 0. The van der Waals surface area contributed by atoms with Crippen molar-refractivity contribution in [2.75, 3.05) is 0 Å². The molecule has 2 atom stereocenters. The molecule has 1 N–H and O–H groups in total.